The number of carbonyl (C=O) groups excluding carboxylic acids is 1. The fourth-order valence-electron chi connectivity index (χ4n) is 2.80. The smallest absolute Gasteiger partial charge is 0.255 e. The fourth-order valence-corrected chi connectivity index (χ4v) is 2.91. The van der Waals surface area contributed by atoms with Gasteiger partial charge in [-0.25, -0.2) is 4.98 Å². The molecule has 0 saturated carbocycles. The van der Waals surface area contributed by atoms with E-state index in [0.717, 1.165) is 17.9 Å². The highest BCUT2D eigenvalue weighted by Crippen LogP contribution is 2.34. The van der Waals surface area contributed by atoms with E-state index in [4.69, 9.17) is 16.3 Å². The number of ether oxygens (including phenoxy) is 1. The first-order valence-corrected chi connectivity index (χ1v) is 7.70. The lowest BCUT2D eigenvalue weighted by molar-refractivity contribution is 0.0947. The second-order valence-corrected chi connectivity index (χ2v) is 5.91. The Morgan fingerprint density at radius 2 is 2.09 bits per heavy atom. The summed E-state index contributed by atoms with van der Waals surface area (Å²) in [4.78, 5) is 16.2. The van der Waals surface area contributed by atoms with E-state index < -0.39 is 0 Å². The van der Waals surface area contributed by atoms with Crippen LogP contribution >= 0.6 is 11.6 Å². The summed E-state index contributed by atoms with van der Waals surface area (Å²) in [6.45, 7) is 0.802. The van der Waals surface area contributed by atoms with Crippen LogP contribution in [0.3, 0.4) is 0 Å². The molecule has 1 aromatic heterocycles. The number of nitrogens with zero attached hydrogens (tertiary/aromatic N) is 1. The lowest BCUT2D eigenvalue weighted by Crippen LogP contribution is -2.33. The molecule has 1 amide bonds. The number of pyridine rings is 1. The average Bonchev–Trinajstić information content (AvgIpc) is 3.20. The number of amides is 1. The highest BCUT2D eigenvalue weighted by molar-refractivity contribution is 6.29. The van der Waals surface area contributed by atoms with Crippen molar-refractivity contribution in [1.29, 1.82) is 0 Å². The molecular weight excluding hydrogens is 314 g/mol. The minimum absolute atomic E-state index is 0.00340. The van der Waals surface area contributed by atoms with E-state index >= 15 is 0 Å². The topological polar surface area (TPSA) is 63.2 Å². The van der Waals surface area contributed by atoms with Crippen molar-refractivity contribution in [3.8, 4) is 0 Å². The third kappa shape index (κ3) is 2.81. The molecule has 116 valence electrons. The van der Waals surface area contributed by atoms with Crippen molar-refractivity contribution < 1.29 is 9.53 Å². The molecule has 2 atom stereocenters. The zero-order chi connectivity index (χ0) is 15.8. The highest BCUT2D eigenvalue weighted by Gasteiger charge is 2.35. The number of benzene rings is 1. The maximum absolute atomic E-state index is 12.2. The molecule has 4 rings (SSSR count). The monoisotopic (exact) mass is 327 g/mol. The molecule has 3 heterocycles. The van der Waals surface area contributed by atoms with Gasteiger partial charge in [-0.05, 0) is 35.9 Å². The van der Waals surface area contributed by atoms with Crippen LogP contribution in [0.15, 0.2) is 54.4 Å². The van der Waals surface area contributed by atoms with Crippen molar-refractivity contribution in [1.82, 2.24) is 10.3 Å². The second kappa shape index (κ2) is 5.68. The maximum Gasteiger partial charge on any atom is 0.255 e. The van der Waals surface area contributed by atoms with Crippen LogP contribution in [0.1, 0.15) is 22.0 Å². The van der Waals surface area contributed by atoms with Gasteiger partial charge in [0.1, 0.15) is 17.0 Å². The molecule has 0 radical (unpaired) electrons. The van der Waals surface area contributed by atoms with Gasteiger partial charge in [-0.15, -0.1) is 0 Å². The number of morpholine rings is 1. The standard InChI is InChI=1S/C17H14ClN3O2/c18-15-6-5-12(8-20-15)21-17(22)11-3-1-10(2-4-11)16-14-7-13(23-16)9-19-14/h1-8,14,16,19H,9H2,(H,21,22)/t14-,16+/m0/s1. The number of halogens is 1. The predicted octanol–water partition coefficient (Wildman–Crippen LogP) is 2.91. The summed E-state index contributed by atoms with van der Waals surface area (Å²) >= 11 is 5.73. The molecule has 1 aromatic carbocycles. The first-order valence-electron chi connectivity index (χ1n) is 7.33. The normalized spacial score (nSPS) is 21.7. The molecule has 2 bridgehead atoms. The molecule has 0 aliphatic carbocycles. The van der Waals surface area contributed by atoms with E-state index in [9.17, 15) is 4.79 Å². The SMILES string of the molecule is O=C(Nc1ccc(Cl)nc1)c1ccc([C@H]2OC3=C[C@@H]2NC3)cc1. The van der Waals surface area contributed by atoms with Crippen LogP contribution in [-0.2, 0) is 4.74 Å². The number of nitrogens with one attached hydrogen (secondary N) is 2. The van der Waals surface area contributed by atoms with Gasteiger partial charge in [-0.1, -0.05) is 23.7 Å². The number of hydrogen-bond acceptors (Lipinski definition) is 4. The van der Waals surface area contributed by atoms with Crippen LogP contribution in [-0.4, -0.2) is 23.5 Å². The Kier molecular flexibility index (Phi) is 3.52. The van der Waals surface area contributed by atoms with Crippen LogP contribution < -0.4 is 10.6 Å². The molecule has 2 aliphatic rings. The van der Waals surface area contributed by atoms with Gasteiger partial charge in [0.05, 0.1) is 24.5 Å². The summed E-state index contributed by atoms with van der Waals surface area (Å²) in [5.74, 6) is 0.811. The van der Waals surface area contributed by atoms with Crippen molar-refractivity contribution in [3.05, 3.63) is 70.7 Å². The Balaban J connectivity index is 1.45. The maximum atomic E-state index is 12.2. The summed E-state index contributed by atoms with van der Waals surface area (Å²) in [5, 5.41) is 6.54. The van der Waals surface area contributed by atoms with E-state index in [1.54, 1.807) is 24.3 Å². The van der Waals surface area contributed by atoms with Crippen LogP contribution in [0.2, 0.25) is 5.15 Å². The number of fused-ring (bicyclic) bond motifs is 1. The van der Waals surface area contributed by atoms with Crippen molar-refractivity contribution >= 4 is 23.2 Å². The quantitative estimate of drug-likeness (QED) is 0.851. The van der Waals surface area contributed by atoms with E-state index in [1.807, 2.05) is 12.1 Å². The summed E-state index contributed by atoms with van der Waals surface area (Å²) in [6, 6.07) is 11.0. The van der Waals surface area contributed by atoms with Gasteiger partial charge in [0.2, 0.25) is 0 Å². The van der Waals surface area contributed by atoms with Crippen LogP contribution in [0.5, 0.6) is 0 Å². The third-order valence-corrected chi connectivity index (χ3v) is 4.19. The van der Waals surface area contributed by atoms with Crippen LogP contribution in [0.25, 0.3) is 0 Å². The first kappa shape index (κ1) is 14.2. The fraction of sp³-hybridized carbons (Fsp3) is 0.176. The number of carbonyl (C=O) groups is 1. The second-order valence-electron chi connectivity index (χ2n) is 5.52. The summed E-state index contributed by atoms with van der Waals surface area (Å²) < 4.78 is 5.83. The largest absolute Gasteiger partial charge is 0.487 e. The number of hydrogen-bond donors (Lipinski definition) is 2. The zero-order valence-corrected chi connectivity index (χ0v) is 12.9. The Morgan fingerprint density at radius 3 is 2.70 bits per heavy atom. The number of rotatable bonds is 3. The molecule has 23 heavy (non-hydrogen) atoms. The Labute approximate surface area is 138 Å². The van der Waals surface area contributed by atoms with Gasteiger partial charge in [-0.2, -0.15) is 0 Å². The molecular formula is C17H14ClN3O2. The molecule has 0 unspecified atom stereocenters. The van der Waals surface area contributed by atoms with Gasteiger partial charge < -0.3 is 10.1 Å². The van der Waals surface area contributed by atoms with Gasteiger partial charge in [0.25, 0.3) is 5.91 Å². The van der Waals surface area contributed by atoms with Gasteiger partial charge in [0.15, 0.2) is 0 Å². The highest BCUT2D eigenvalue weighted by atomic mass is 35.5. The molecule has 0 fully saturated rings. The van der Waals surface area contributed by atoms with Gasteiger partial charge >= 0.3 is 0 Å². The summed E-state index contributed by atoms with van der Waals surface area (Å²) in [5.41, 5.74) is 2.24. The van der Waals surface area contributed by atoms with Crippen LogP contribution in [0.4, 0.5) is 5.69 Å². The summed E-state index contributed by atoms with van der Waals surface area (Å²) in [7, 11) is 0. The molecule has 2 aliphatic heterocycles. The van der Waals surface area contributed by atoms with E-state index in [0.29, 0.717) is 16.4 Å². The lowest BCUT2D eigenvalue weighted by Gasteiger charge is -2.24. The van der Waals surface area contributed by atoms with E-state index in [-0.39, 0.29) is 18.1 Å². The van der Waals surface area contributed by atoms with Crippen molar-refractivity contribution in [2.45, 2.75) is 12.1 Å². The molecule has 0 spiro atoms. The molecule has 0 saturated heterocycles. The summed E-state index contributed by atoms with van der Waals surface area (Å²) in [6.07, 6.45) is 3.63. The van der Waals surface area contributed by atoms with Crippen molar-refractivity contribution in [2.75, 3.05) is 11.9 Å². The Hall–Kier alpha value is -2.37. The molecule has 5 nitrogen and oxygen atoms in total. The van der Waals surface area contributed by atoms with Crippen molar-refractivity contribution in [3.63, 3.8) is 0 Å². The molecule has 2 N–H and O–H groups in total. The Morgan fingerprint density at radius 1 is 1.26 bits per heavy atom. The van der Waals surface area contributed by atoms with Crippen molar-refractivity contribution in [2.24, 2.45) is 0 Å². The zero-order valence-electron chi connectivity index (χ0n) is 12.1. The molecule has 6 heteroatoms. The average molecular weight is 328 g/mol. The molecule has 2 aromatic rings. The minimum atomic E-state index is -0.186. The first-order chi connectivity index (χ1) is 11.2. The lowest BCUT2D eigenvalue weighted by atomic mass is 10.0. The van der Waals surface area contributed by atoms with Gasteiger partial charge in [0, 0.05) is 5.56 Å². The van der Waals surface area contributed by atoms with Crippen LogP contribution in [0, 0.1) is 0 Å². The number of aromatic nitrogens is 1. The predicted molar refractivity (Wildman–Crippen MR) is 87.3 cm³/mol. The van der Waals surface area contributed by atoms with E-state index in [2.05, 4.69) is 21.7 Å². The third-order valence-electron chi connectivity index (χ3n) is 3.97. The minimum Gasteiger partial charge on any atom is -0.487 e. The van der Waals surface area contributed by atoms with E-state index in [1.165, 1.54) is 6.20 Å². The number of anilines is 1. The van der Waals surface area contributed by atoms with Gasteiger partial charge in [-0.3, -0.25) is 10.1 Å². The Bertz CT molecular complexity index is 771.